The van der Waals surface area contributed by atoms with E-state index < -0.39 is 0 Å². The fraction of sp³-hybridized carbons (Fsp3) is 0.368. The van der Waals surface area contributed by atoms with Crippen molar-refractivity contribution in [2.75, 3.05) is 32.1 Å². The molecule has 0 bridgehead atoms. The van der Waals surface area contributed by atoms with E-state index in [1.807, 2.05) is 36.4 Å². The molecule has 0 amide bonds. The van der Waals surface area contributed by atoms with Crippen LogP contribution in [0.25, 0.3) is 0 Å². The van der Waals surface area contributed by atoms with Crippen LogP contribution in [-0.4, -0.2) is 44.2 Å². The van der Waals surface area contributed by atoms with Gasteiger partial charge in [0, 0.05) is 44.5 Å². The van der Waals surface area contributed by atoms with Crippen LogP contribution >= 0.6 is 35.6 Å². The number of para-hydroxylation sites is 1. The predicted molar refractivity (Wildman–Crippen MR) is 122 cm³/mol. The molecule has 0 spiro atoms. The maximum atomic E-state index is 6.26. The maximum absolute atomic E-state index is 6.26. The van der Waals surface area contributed by atoms with Gasteiger partial charge in [-0.2, -0.15) is 0 Å². The summed E-state index contributed by atoms with van der Waals surface area (Å²) in [5, 5.41) is 7.52. The number of ether oxygens (including phenoxy) is 1. The Morgan fingerprint density at radius 2 is 2.15 bits per heavy atom. The van der Waals surface area contributed by atoms with Crippen LogP contribution in [0.4, 0.5) is 5.82 Å². The summed E-state index contributed by atoms with van der Waals surface area (Å²) in [4.78, 5) is 10.9. The van der Waals surface area contributed by atoms with Crippen molar-refractivity contribution in [2.45, 2.75) is 19.0 Å². The van der Waals surface area contributed by atoms with E-state index in [4.69, 9.17) is 16.3 Å². The van der Waals surface area contributed by atoms with Gasteiger partial charge in [-0.1, -0.05) is 29.8 Å². The number of aliphatic imine (C=N–C) groups is 1. The lowest BCUT2D eigenvalue weighted by molar-refractivity contribution is 0.409. The third kappa shape index (κ3) is 5.62. The second-order valence-electron chi connectivity index (χ2n) is 6.12. The van der Waals surface area contributed by atoms with Crippen molar-refractivity contribution in [3.63, 3.8) is 0 Å². The quantitative estimate of drug-likeness (QED) is 0.374. The summed E-state index contributed by atoms with van der Waals surface area (Å²) in [5.74, 6) is 2.48. The van der Waals surface area contributed by atoms with E-state index in [-0.39, 0.29) is 30.0 Å². The summed E-state index contributed by atoms with van der Waals surface area (Å²) < 4.78 is 5.39. The van der Waals surface area contributed by atoms with Crippen LogP contribution in [0.15, 0.2) is 47.6 Å². The van der Waals surface area contributed by atoms with Crippen molar-refractivity contribution in [1.29, 1.82) is 0 Å². The molecule has 1 aromatic heterocycles. The van der Waals surface area contributed by atoms with Crippen LogP contribution in [0.2, 0.25) is 5.02 Å². The first-order valence-electron chi connectivity index (χ1n) is 8.66. The van der Waals surface area contributed by atoms with Gasteiger partial charge in [0.2, 0.25) is 0 Å². The topological polar surface area (TPSA) is 61.8 Å². The molecule has 27 heavy (non-hydrogen) atoms. The molecule has 2 heterocycles. The molecular weight excluding hydrogens is 477 g/mol. The minimum absolute atomic E-state index is 0. The number of anilines is 1. The average molecular weight is 502 g/mol. The molecule has 3 rings (SSSR count). The molecule has 1 aliphatic heterocycles. The minimum atomic E-state index is 0. The molecule has 1 fully saturated rings. The number of nitrogens with one attached hydrogen (secondary N) is 2. The zero-order chi connectivity index (χ0) is 18.4. The first-order chi connectivity index (χ1) is 12.7. The zero-order valence-electron chi connectivity index (χ0n) is 15.5. The number of pyridine rings is 1. The Kier molecular flexibility index (Phi) is 8.43. The highest BCUT2D eigenvalue weighted by molar-refractivity contribution is 14.0. The number of hydrogen-bond donors (Lipinski definition) is 2. The molecule has 0 saturated carbocycles. The first-order valence-corrected chi connectivity index (χ1v) is 9.03. The lowest BCUT2D eigenvalue weighted by Crippen LogP contribution is -2.44. The Labute approximate surface area is 182 Å². The molecule has 1 unspecified atom stereocenters. The number of hydrogen-bond acceptors (Lipinski definition) is 4. The molecule has 1 aromatic carbocycles. The Bertz CT molecular complexity index is 773. The third-order valence-corrected chi connectivity index (χ3v) is 4.73. The van der Waals surface area contributed by atoms with E-state index in [1.54, 1.807) is 20.4 Å². The third-order valence-electron chi connectivity index (χ3n) is 4.43. The number of benzene rings is 1. The number of nitrogens with zero attached hydrogens (tertiary/aromatic N) is 3. The van der Waals surface area contributed by atoms with Gasteiger partial charge < -0.3 is 20.3 Å². The molecule has 0 aliphatic carbocycles. The Morgan fingerprint density at radius 1 is 1.33 bits per heavy atom. The summed E-state index contributed by atoms with van der Waals surface area (Å²) in [7, 11) is 3.46. The van der Waals surface area contributed by atoms with Gasteiger partial charge in [0.25, 0.3) is 0 Å². The summed E-state index contributed by atoms with van der Waals surface area (Å²) in [6.45, 7) is 2.40. The van der Waals surface area contributed by atoms with Crippen molar-refractivity contribution < 1.29 is 4.74 Å². The molecule has 8 heteroatoms. The van der Waals surface area contributed by atoms with Crippen molar-refractivity contribution >= 4 is 47.4 Å². The van der Waals surface area contributed by atoms with E-state index in [2.05, 4.69) is 25.5 Å². The van der Waals surface area contributed by atoms with E-state index in [9.17, 15) is 0 Å². The second-order valence-corrected chi connectivity index (χ2v) is 6.53. The predicted octanol–water partition coefficient (Wildman–Crippen LogP) is 3.31. The fourth-order valence-corrected chi connectivity index (χ4v) is 3.34. The maximum Gasteiger partial charge on any atom is 0.191 e. The van der Waals surface area contributed by atoms with Crippen molar-refractivity contribution in [1.82, 2.24) is 15.6 Å². The van der Waals surface area contributed by atoms with E-state index in [1.165, 1.54) is 0 Å². The number of guanidine groups is 1. The van der Waals surface area contributed by atoms with Gasteiger partial charge in [-0.25, -0.2) is 4.98 Å². The number of methoxy groups -OCH3 is 1. The lowest BCUT2D eigenvalue weighted by atomic mass is 10.2. The molecule has 1 saturated heterocycles. The Balaban J connectivity index is 0.00000261. The number of rotatable bonds is 5. The molecule has 0 radical (unpaired) electrons. The number of halogens is 2. The summed E-state index contributed by atoms with van der Waals surface area (Å²) in [6.07, 6.45) is 2.78. The summed E-state index contributed by atoms with van der Waals surface area (Å²) in [5.41, 5.74) is 1.09. The van der Waals surface area contributed by atoms with Crippen LogP contribution in [0.5, 0.6) is 5.75 Å². The second kappa shape index (κ2) is 10.6. The molecular formula is C19H25ClIN5O. The smallest absolute Gasteiger partial charge is 0.191 e. The van der Waals surface area contributed by atoms with Gasteiger partial charge in [-0.15, -0.1) is 24.0 Å². The minimum Gasteiger partial charge on any atom is -0.496 e. The Morgan fingerprint density at radius 3 is 2.89 bits per heavy atom. The van der Waals surface area contributed by atoms with Crippen LogP contribution < -0.4 is 20.3 Å². The van der Waals surface area contributed by atoms with Crippen LogP contribution in [0.1, 0.15) is 12.0 Å². The monoisotopic (exact) mass is 501 g/mol. The van der Waals surface area contributed by atoms with Crippen LogP contribution in [0.3, 0.4) is 0 Å². The molecule has 1 aliphatic rings. The molecule has 1 atom stereocenters. The van der Waals surface area contributed by atoms with Gasteiger partial charge >= 0.3 is 0 Å². The van der Waals surface area contributed by atoms with E-state index in [0.717, 1.165) is 42.6 Å². The SMILES string of the molecule is CN=C(NCc1ccccc1OC)NC1CCN(c2ncccc2Cl)C1.I. The van der Waals surface area contributed by atoms with Gasteiger partial charge in [0.05, 0.1) is 12.1 Å². The molecule has 146 valence electrons. The van der Waals surface area contributed by atoms with Gasteiger partial charge in [0.1, 0.15) is 11.6 Å². The summed E-state index contributed by atoms with van der Waals surface area (Å²) >= 11 is 6.26. The average Bonchev–Trinajstić information content (AvgIpc) is 3.14. The van der Waals surface area contributed by atoms with Crippen molar-refractivity contribution in [2.24, 2.45) is 4.99 Å². The number of aromatic nitrogens is 1. The zero-order valence-corrected chi connectivity index (χ0v) is 18.6. The van der Waals surface area contributed by atoms with E-state index >= 15 is 0 Å². The van der Waals surface area contributed by atoms with Crippen molar-refractivity contribution in [3.8, 4) is 5.75 Å². The largest absolute Gasteiger partial charge is 0.496 e. The molecule has 2 aromatic rings. The van der Waals surface area contributed by atoms with Crippen LogP contribution in [-0.2, 0) is 6.54 Å². The van der Waals surface area contributed by atoms with E-state index in [0.29, 0.717) is 11.6 Å². The highest BCUT2D eigenvalue weighted by Gasteiger charge is 2.25. The first kappa shape index (κ1) is 21.6. The fourth-order valence-electron chi connectivity index (χ4n) is 3.10. The van der Waals surface area contributed by atoms with Gasteiger partial charge in [-0.3, -0.25) is 4.99 Å². The normalized spacial score (nSPS) is 16.6. The summed E-state index contributed by atoms with van der Waals surface area (Å²) in [6, 6.07) is 12.0. The van der Waals surface area contributed by atoms with Gasteiger partial charge in [-0.05, 0) is 24.6 Å². The molecule has 6 nitrogen and oxygen atoms in total. The Hall–Kier alpha value is -1.74. The standard InChI is InChI=1S/C19H24ClN5O.HI/c1-21-19(23-12-14-6-3-4-8-17(14)26-2)24-15-9-11-25(13-15)18-16(20)7-5-10-22-18;/h3-8,10,15H,9,11-13H2,1-2H3,(H2,21,23,24);1H. The lowest BCUT2D eigenvalue weighted by Gasteiger charge is -2.20. The van der Waals surface area contributed by atoms with Crippen LogP contribution in [0, 0.1) is 0 Å². The molecule has 2 N–H and O–H groups in total. The highest BCUT2D eigenvalue weighted by Crippen LogP contribution is 2.25. The van der Waals surface area contributed by atoms with Crippen molar-refractivity contribution in [3.05, 3.63) is 53.2 Å². The highest BCUT2D eigenvalue weighted by atomic mass is 127. The van der Waals surface area contributed by atoms with Gasteiger partial charge in [0.15, 0.2) is 5.96 Å².